The highest BCUT2D eigenvalue weighted by atomic mass is 16.3. The van der Waals surface area contributed by atoms with Crippen LogP contribution >= 0.6 is 0 Å². The van der Waals surface area contributed by atoms with Crippen molar-refractivity contribution in [2.45, 2.75) is 31.2 Å². The summed E-state index contributed by atoms with van der Waals surface area (Å²) in [7, 11) is 0. The fourth-order valence-corrected chi connectivity index (χ4v) is 2.31. The highest BCUT2D eigenvalue weighted by molar-refractivity contribution is 5.84. The maximum absolute atomic E-state index is 11.8. The Balaban J connectivity index is 2.16. The predicted molar refractivity (Wildman–Crippen MR) is 64.5 cm³/mol. The molecule has 2 rings (SSSR count). The van der Waals surface area contributed by atoms with Crippen LogP contribution in [0.4, 0.5) is 0 Å². The Hall–Kier alpha value is -1.43. The number of aliphatic hydroxyl groups excluding tert-OH is 3. The number of hydrogen-bond acceptors (Lipinski definition) is 4. The van der Waals surface area contributed by atoms with E-state index >= 15 is 0 Å². The van der Waals surface area contributed by atoms with Gasteiger partial charge >= 0.3 is 0 Å². The Morgan fingerprint density at radius 1 is 1.17 bits per heavy atom. The number of rotatable bonds is 4. The van der Waals surface area contributed by atoms with Crippen molar-refractivity contribution >= 4 is 5.91 Å². The quantitative estimate of drug-likeness (QED) is 0.674. The van der Waals surface area contributed by atoms with Crippen molar-refractivity contribution in [2.75, 3.05) is 6.61 Å². The number of nitrogens with zero attached hydrogens (tertiary/aromatic N) is 1. The van der Waals surface area contributed by atoms with E-state index in [0.717, 1.165) is 5.56 Å². The Morgan fingerprint density at radius 2 is 1.83 bits per heavy atom. The molecular weight excluding hydrogens is 234 g/mol. The van der Waals surface area contributed by atoms with Gasteiger partial charge in [0.05, 0.1) is 6.04 Å². The van der Waals surface area contributed by atoms with Gasteiger partial charge in [-0.3, -0.25) is 4.79 Å². The highest BCUT2D eigenvalue weighted by Crippen LogP contribution is 2.24. The summed E-state index contributed by atoms with van der Waals surface area (Å²) in [5.41, 5.74) is 0.926. The lowest BCUT2D eigenvalue weighted by Crippen LogP contribution is -2.37. The summed E-state index contributed by atoms with van der Waals surface area (Å²) in [4.78, 5) is 13.3. The van der Waals surface area contributed by atoms with Crippen molar-refractivity contribution in [3.8, 4) is 0 Å². The Morgan fingerprint density at radius 3 is 2.44 bits per heavy atom. The number of carbonyl (C=O) groups excluding carboxylic acids is 1. The van der Waals surface area contributed by atoms with Crippen LogP contribution in [0.3, 0.4) is 0 Å². The summed E-state index contributed by atoms with van der Waals surface area (Å²) in [6, 6.07) is 8.83. The number of benzene rings is 1. The van der Waals surface area contributed by atoms with Gasteiger partial charge in [0.2, 0.25) is 0 Å². The fraction of sp³-hybridized carbons (Fsp3) is 0.462. The first kappa shape index (κ1) is 13.0. The third kappa shape index (κ3) is 2.38. The summed E-state index contributed by atoms with van der Waals surface area (Å²) in [6.07, 6.45) is -2.25. The van der Waals surface area contributed by atoms with E-state index in [4.69, 9.17) is 5.11 Å². The predicted octanol–water partition coefficient (Wildman–Crippen LogP) is -0.498. The first-order chi connectivity index (χ1) is 8.65. The summed E-state index contributed by atoms with van der Waals surface area (Å²) >= 11 is 0. The van der Waals surface area contributed by atoms with Crippen LogP contribution in [0.2, 0.25) is 0 Å². The van der Waals surface area contributed by atoms with Gasteiger partial charge < -0.3 is 20.2 Å². The minimum absolute atomic E-state index is 0.132. The molecule has 1 fully saturated rings. The van der Waals surface area contributed by atoms with Crippen LogP contribution in [-0.2, 0) is 11.3 Å². The number of aliphatic hydroxyl groups is 3. The minimum atomic E-state index is -1.38. The van der Waals surface area contributed by atoms with Crippen LogP contribution in [0.1, 0.15) is 12.0 Å². The average Bonchev–Trinajstić information content (AvgIpc) is 2.58. The Labute approximate surface area is 105 Å². The van der Waals surface area contributed by atoms with E-state index in [9.17, 15) is 15.0 Å². The van der Waals surface area contributed by atoms with Gasteiger partial charge in [-0.15, -0.1) is 0 Å². The third-order valence-electron chi connectivity index (χ3n) is 3.27. The lowest BCUT2D eigenvalue weighted by atomic mass is 10.1. The fourth-order valence-electron chi connectivity index (χ4n) is 2.31. The van der Waals surface area contributed by atoms with Crippen molar-refractivity contribution in [2.24, 2.45) is 0 Å². The van der Waals surface area contributed by atoms with Crippen LogP contribution in [0.5, 0.6) is 0 Å². The molecular formula is C13H17NO4. The molecule has 5 heteroatoms. The normalized spacial score (nSPS) is 27.8. The molecule has 1 heterocycles. The van der Waals surface area contributed by atoms with Gasteiger partial charge in [0.1, 0.15) is 6.10 Å². The largest absolute Gasteiger partial charge is 0.396 e. The average molecular weight is 251 g/mol. The minimum Gasteiger partial charge on any atom is -0.396 e. The van der Waals surface area contributed by atoms with E-state index in [1.54, 1.807) is 0 Å². The number of likely N-dealkylation sites (tertiary alicyclic amines) is 1. The molecule has 0 saturated carbocycles. The second-order valence-electron chi connectivity index (χ2n) is 4.47. The van der Waals surface area contributed by atoms with Gasteiger partial charge in [0.15, 0.2) is 6.10 Å². The summed E-state index contributed by atoms with van der Waals surface area (Å²) in [5.74, 6) is -0.482. The molecule has 1 aromatic rings. The lowest BCUT2D eigenvalue weighted by Gasteiger charge is -2.25. The molecule has 0 bridgehead atoms. The molecule has 1 aliphatic rings. The van der Waals surface area contributed by atoms with Gasteiger partial charge in [0.25, 0.3) is 5.91 Å². The van der Waals surface area contributed by atoms with Crippen LogP contribution in [0.25, 0.3) is 0 Å². The van der Waals surface area contributed by atoms with Crippen LogP contribution in [0.15, 0.2) is 30.3 Å². The molecule has 3 N–H and O–H groups in total. The van der Waals surface area contributed by atoms with Crippen LogP contribution in [-0.4, -0.2) is 51.0 Å². The van der Waals surface area contributed by atoms with Crippen molar-refractivity contribution in [3.63, 3.8) is 0 Å². The number of carbonyl (C=O) groups is 1. The summed E-state index contributed by atoms with van der Waals surface area (Å²) in [5, 5.41) is 28.3. The molecule has 0 aliphatic carbocycles. The molecule has 1 aliphatic heterocycles. The third-order valence-corrected chi connectivity index (χ3v) is 3.27. The van der Waals surface area contributed by atoms with E-state index in [2.05, 4.69) is 0 Å². The van der Waals surface area contributed by atoms with E-state index in [-0.39, 0.29) is 13.0 Å². The molecule has 98 valence electrons. The van der Waals surface area contributed by atoms with Gasteiger partial charge in [0, 0.05) is 13.2 Å². The first-order valence-electron chi connectivity index (χ1n) is 5.96. The smallest absolute Gasteiger partial charge is 0.254 e. The van der Waals surface area contributed by atoms with Gasteiger partial charge in [-0.05, 0) is 12.0 Å². The summed E-state index contributed by atoms with van der Waals surface area (Å²) in [6.45, 7) is 0.200. The van der Waals surface area contributed by atoms with Crippen molar-refractivity contribution in [1.82, 2.24) is 4.90 Å². The number of hydrogen-bond donors (Lipinski definition) is 3. The molecule has 0 spiro atoms. The molecule has 0 radical (unpaired) electrons. The standard InChI is InChI=1S/C13H17NO4/c15-7-6-10-11(16)12(17)13(18)14(10)8-9-4-2-1-3-5-9/h1-5,10-12,15-17H,6-8H2/t10-,11+,12-/m0/s1. The molecule has 5 nitrogen and oxygen atoms in total. The Kier molecular flexibility index (Phi) is 3.96. The highest BCUT2D eigenvalue weighted by Gasteiger charge is 2.45. The SMILES string of the molecule is O=C1[C@@H](O)[C@H](O)[C@H](CCO)N1Cc1ccccc1. The zero-order valence-electron chi connectivity index (χ0n) is 9.94. The monoisotopic (exact) mass is 251 g/mol. The van der Waals surface area contributed by atoms with E-state index in [0.29, 0.717) is 6.54 Å². The molecule has 18 heavy (non-hydrogen) atoms. The molecule has 3 atom stereocenters. The van der Waals surface area contributed by atoms with Crippen molar-refractivity contribution < 1.29 is 20.1 Å². The molecule has 0 unspecified atom stereocenters. The number of amides is 1. The lowest BCUT2D eigenvalue weighted by molar-refractivity contribution is -0.136. The molecule has 1 saturated heterocycles. The second kappa shape index (κ2) is 5.48. The maximum Gasteiger partial charge on any atom is 0.254 e. The molecule has 1 amide bonds. The van der Waals surface area contributed by atoms with Crippen LogP contribution in [0, 0.1) is 0 Å². The Bertz CT molecular complexity index is 409. The maximum atomic E-state index is 11.8. The van der Waals surface area contributed by atoms with Crippen molar-refractivity contribution in [1.29, 1.82) is 0 Å². The van der Waals surface area contributed by atoms with Crippen LogP contribution < -0.4 is 0 Å². The van der Waals surface area contributed by atoms with Gasteiger partial charge in [-0.25, -0.2) is 0 Å². The first-order valence-corrected chi connectivity index (χ1v) is 5.96. The van der Waals surface area contributed by atoms with E-state index in [1.807, 2.05) is 30.3 Å². The van der Waals surface area contributed by atoms with Gasteiger partial charge in [-0.1, -0.05) is 30.3 Å². The van der Waals surface area contributed by atoms with Crippen molar-refractivity contribution in [3.05, 3.63) is 35.9 Å². The zero-order chi connectivity index (χ0) is 13.1. The summed E-state index contributed by atoms with van der Waals surface area (Å²) < 4.78 is 0. The topological polar surface area (TPSA) is 81.0 Å². The second-order valence-corrected chi connectivity index (χ2v) is 4.47. The van der Waals surface area contributed by atoms with Gasteiger partial charge in [-0.2, -0.15) is 0 Å². The van der Waals surface area contributed by atoms with E-state index in [1.165, 1.54) is 4.90 Å². The van der Waals surface area contributed by atoms with E-state index < -0.39 is 24.2 Å². The zero-order valence-corrected chi connectivity index (χ0v) is 9.94. The molecule has 0 aromatic heterocycles. The molecule has 1 aromatic carbocycles.